The molecule has 0 spiro atoms. The van der Waals surface area contributed by atoms with E-state index in [0.717, 1.165) is 37.7 Å². The van der Waals surface area contributed by atoms with E-state index in [4.69, 9.17) is 0 Å². The number of hydrogen-bond acceptors (Lipinski definition) is 2. The standard InChI is InChI=1S/C18H30O3S/c1-3-5-7-8-9-13-16(12-6-4-2)17-14-10-11-15-18(17)22(19,20)21/h10-11,14-16H,3-9,12-13H2,1-2H3,(H,19,20,21). The molecule has 1 unspecified atom stereocenters. The van der Waals surface area contributed by atoms with Crippen LogP contribution in [0, 0.1) is 0 Å². The molecule has 0 saturated heterocycles. The van der Waals surface area contributed by atoms with Gasteiger partial charge in [-0.2, -0.15) is 8.42 Å². The Morgan fingerprint density at radius 3 is 2.14 bits per heavy atom. The molecule has 22 heavy (non-hydrogen) atoms. The Morgan fingerprint density at radius 2 is 1.50 bits per heavy atom. The zero-order chi connectivity index (χ0) is 16.4. The first kappa shape index (κ1) is 19.2. The van der Waals surface area contributed by atoms with Gasteiger partial charge in [-0.3, -0.25) is 4.55 Å². The van der Waals surface area contributed by atoms with Crippen LogP contribution in [-0.2, 0) is 10.1 Å². The van der Waals surface area contributed by atoms with Gasteiger partial charge in [-0.05, 0) is 30.4 Å². The topological polar surface area (TPSA) is 54.4 Å². The smallest absolute Gasteiger partial charge is 0.282 e. The molecular formula is C18H30O3S. The molecule has 0 aliphatic heterocycles. The van der Waals surface area contributed by atoms with Crippen molar-refractivity contribution in [2.45, 2.75) is 82.4 Å². The van der Waals surface area contributed by atoms with Crippen molar-refractivity contribution in [3.63, 3.8) is 0 Å². The highest BCUT2D eigenvalue weighted by Crippen LogP contribution is 2.32. The van der Waals surface area contributed by atoms with Crippen molar-refractivity contribution < 1.29 is 13.0 Å². The molecule has 3 nitrogen and oxygen atoms in total. The number of hydrogen-bond donors (Lipinski definition) is 1. The van der Waals surface area contributed by atoms with Crippen molar-refractivity contribution in [3.05, 3.63) is 29.8 Å². The third-order valence-corrected chi connectivity index (χ3v) is 5.13. The Balaban J connectivity index is 2.83. The molecule has 0 heterocycles. The summed E-state index contributed by atoms with van der Waals surface area (Å²) in [5.74, 6) is 0.222. The molecule has 0 amide bonds. The number of rotatable bonds is 11. The van der Waals surface area contributed by atoms with Crippen LogP contribution in [0.4, 0.5) is 0 Å². The summed E-state index contributed by atoms with van der Waals surface area (Å²) in [5, 5.41) is 0. The highest BCUT2D eigenvalue weighted by Gasteiger charge is 2.21. The highest BCUT2D eigenvalue weighted by atomic mass is 32.2. The van der Waals surface area contributed by atoms with E-state index < -0.39 is 10.1 Å². The lowest BCUT2D eigenvalue weighted by Gasteiger charge is -2.19. The van der Waals surface area contributed by atoms with Crippen molar-refractivity contribution in [1.82, 2.24) is 0 Å². The SMILES string of the molecule is CCCCCCCC(CCCC)c1ccccc1S(=O)(=O)O. The van der Waals surface area contributed by atoms with E-state index in [1.807, 2.05) is 12.1 Å². The lowest BCUT2D eigenvalue weighted by Crippen LogP contribution is -2.08. The predicted octanol–water partition coefficient (Wildman–Crippen LogP) is 5.57. The molecule has 0 fully saturated rings. The van der Waals surface area contributed by atoms with E-state index in [2.05, 4.69) is 13.8 Å². The van der Waals surface area contributed by atoms with Crippen LogP contribution < -0.4 is 0 Å². The molecule has 1 rings (SSSR count). The highest BCUT2D eigenvalue weighted by molar-refractivity contribution is 7.85. The molecule has 1 aromatic carbocycles. The summed E-state index contributed by atoms with van der Waals surface area (Å²) in [6, 6.07) is 6.90. The molecule has 0 bridgehead atoms. The number of unbranched alkanes of at least 4 members (excludes halogenated alkanes) is 5. The van der Waals surface area contributed by atoms with Crippen LogP contribution in [-0.4, -0.2) is 13.0 Å². The first-order valence-corrected chi connectivity index (χ1v) is 10.0. The van der Waals surface area contributed by atoms with E-state index in [1.54, 1.807) is 6.07 Å². The molecular weight excluding hydrogens is 296 g/mol. The Labute approximate surface area is 135 Å². The minimum Gasteiger partial charge on any atom is -0.282 e. The van der Waals surface area contributed by atoms with Gasteiger partial charge in [0.2, 0.25) is 0 Å². The first-order chi connectivity index (χ1) is 10.5. The molecule has 1 N–H and O–H groups in total. The quantitative estimate of drug-likeness (QED) is 0.427. The van der Waals surface area contributed by atoms with Gasteiger partial charge in [-0.1, -0.05) is 77.0 Å². The third-order valence-electron chi connectivity index (χ3n) is 4.20. The third kappa shape index (κ3) is 6.49. The van der Waals surface area contributed by atoms with Gasteiger partial charge >= 0.3 is 0 Å². The summed E-state index contributed by atoms with van der Waals surface area (Å²) in [5.41, 5.74) is 0.786. The van der Waals surface area contributed by atoms with Gasteiger partial charge in [-0.15, -0.1) is 0 Å². The van der Waals surface area contributed by atoms with Crippen molar-refractivity contribution >= 4 is 10.1 Å². The Bertz CT molecular complexity index is 523. The lowest BCUT2D eigenvalue weighted by atomic mass is 9.88. The van der Waals surface area contributed by atoms with Crippen molar-refractivity contribution in [2.24, 2.45) is 0 Å². The fourth-order valence-corrected chi connectivity index (χ4v) is 3.74. The van der Waals surface area contributed by atoms with Gasteiger partial charge < -0.3 is 0 Å². The summed E-state index contributed by atoms with van der Waals surface area (Å²) in [6.45, 7) is 4.35. The van der Waals surface area contributed by atoms with E-state index in [0.29, 0.717) is 0 Å². The average Bonchev–Trinajstić information content (AvgIpc) is 2.49. The number of benzene rings is 1. The second-order valence-electron chi connectivity index (χ2n) is 6.05. The van der Waals surface area contributed by atoms with Crippen LogP contribution in [0.5, 0.6) is 0 Å². The van der Waals surface area contributed by atoms with Crippen LogP contribution in [0.15, 0.2) is 29.2 Å². The Morgan fingerprint density at radius 1 is 0.909 bits per heavy atom. The van der Waals surface area contributed by atoms with Gasteiger partial charge in [0.25, 0.3) is 10.1 Å². The van der Waals surface area contributed by atoms with Gasteiger partial charge in [0.15, 0.2) is 0 Å². The summed E-state index contributed by atoms with van der Waals surface area (Å²) in [4.78, 5) is 0.0876. The Hall–Kier alpha value is -0.870. The molecule has 4 heteroatoms. The first-order valence-electron chi connectivity index (χ1n) is 8.57. The van der Waals surface area contributed by atoms with E-state index in [1.165, 1.54) is 31.7 Å². The summed E-state index contributed by atoms with van der Waals surface area (Å²) >= 11 is 0. The zero-order valence-corrected chi connectivity index (χ0v) is 14.7. The minimum atomic E-state index is -4.14. The molecule has 0 saturated carbocycles. The van der Waals surface area contributed by atoms with Gasteiger partial charge in [0.1, 0.15) is 0 Å². The molecule has 1 atom stereocenters. The van der Waals surface area contributed by atoms with Crippen molar-refractivity contribution in [3.8, 4) is 0 Å². The normalized spacial score (nSPS) is 13.2. The van der Waals surface area contributed by atoms with E-state index >= 15 is 0 Å². The van der Waals surface area contributed by atoms with Crippen LogP contribution in [0.1, 0.15) is 83.1 Å². The van der Waals surface area contributed by atoms with Gasteiger partial charge in [0, 0.05) is 0 Å². The maximum atomic E-state index is 11.6. The van der Waals surface area contributed by atoms with Gasteiger partial charge in [-0.25, -0.2) is 0 Å². The fourth-order valence-electron chi connectivity index (χ4n) is 2.95. The average molecular weight is 327 g/mol. The van der Waals surface area contributed by atoms with Gasteiger partial charge in [0.05, 0.1) is 4.90 Å². The molecule has 0 radical (unpaired) electrons. The van der Waals surface area contributed by atoms with Crippen molar-refractivity contribution in [2.75, 3.05) is 0 Å². The maximum absolute atomic E-state index is 11.6. The minimum absolute atomic E-state index is 0.0876. The van der Waals surface area contributed by atoms with E-state index in [9.17, 15) is 13.0 Å². The molecule has 0 aromatic heterocycles. The second kappa shape index (κ2) is 10.0. The predicted molar refractivity (Wildman–Crippen MR) is 91.9 cm³/mol. The molecule has 1 aromatic rings. The summed E-state index contributed by atoms with van der Waals surface area (Å²) in [7, 11) is -4.14. The van der Waals surface area contributed by atoms with Crippen LogP contribution in [0.3, 0.4) is 0 Å². The molecule has 0 aliphatic rings. The van der Waals surface area contributed by atoms with Crippen LogP contribution in [0.25, 0.3) is 0 Å². The summed E-state index contributed by atoms with van der Waals surface area (Å²) < 4.78 is 32.7. The largest absolute Gasteiger partial charge is 0.294 e. The Kier molecular flexibility index (Phi) is 8.72. The zero-order valence-electron chi connectivity index (χ0n) is 13.9. The van der Waals surface area contributed by atoms with Crippen LogP contribution >= 0.6 is 0 Å². The van der Waals surface area contributed by atoms with Crippen LogP contribution in [0.2, 0.25) is 0 Å². The fraction of sp³-hybridized carbons (Fsp3) is 0.667. The lowest BCUT2D eigenvalue weighted by molar-refractivity contribution is 0.471. The monoisotopic (exact) mass is 326 g/mol. The van der Waals surface area contributed by atoms with Crippen molar-refractivity contribution in [1.29, 1.82) is 0 Å². The molecule has 0 aliphatic carbocycles. The summed E-state index contributed by atoms with van der Waals surface area (Å²) in [6.07, 6.45) is 10.2. The maximum Gasteiger partial charge on any atom is 0.294 e. The molecule has 126 valence electrons. The van der Waals surface area contributed by atoms with E-state index in [-0.39, 0.29) is 10.8 Å². The second-order valence-corrected chi connectivity index (χ2v) is 7.44.